The van der Waals surface area contributed by atoms with Gasteiger partial charge in [0.15, 0.2) is 11.6 Å². The van der Waals surface area contributed by atoms with Crippen LogP contribution in [0.3, 0.4) is 0 Å². The summed E-state index contributed by atoms with van der Waals surface area (Å²) in [6, 6.07) is 12.9. The van der Waals surface area contributed by atoms with Gasteiger partial charge in [0.2, 0.25) is 0 Å². The monoisotopic (exact) mass is 289 g/mol. The molecule has 0 heterocycles. The first-order valence-corrected chi connectivity index (χ1v) is 6.92. The summed E-state index contributed by atoms with van der Waals surface area (Å²) in [5.74, 6) is 0.710. The van der Waals surface area contributed by atoms with Crippen LogP contribution >= 0.6 is 0 Å². The molecule has 2 rings (SSSR count). The van der Waals surface area contributed by atoms with Crippen molar-refractivity contribution in [1.82, 2.24) is 0 Å². The van der Waals surface area contributed by atoms with E-state index in [-0.39, 0.29) is 17.6 Å². The molecule has 3 nitrogen and oxygen atoms in total. The van der Waals surface area contributed by atoms with E-state index in [2.05, 4.69) is 12.2 Å². The number of benzene rings is 2. The number of halogens is 1. The van der Waals surface area contributed by atoms with Crippen LogP contribution in [0.15, 0.2) is 42.5 Å². The summed E-state index contributed by atoms with van der Waals surface area (Å²) in [5, 5.41) is 3.40. The van der Waals surface area contributed by atoms with E-state index < -0.39 is 0 Å². The Labute approximate surface area is 124 Å². The molecule has 0 aromatic heterocycles. The van der Waals surface area contributed by atoms with Crippen LogP contribution in [0.2, 0.25) is 0 Å². The van der Waals surface area contributed by atoms with Crippen molar-refractivity contribution < 1.29 is 13.9 Å². The molecule has 0 saturated heterocycles. The van der Waals surface area contributed by atoms with E-state index in [9.17, 15) is 4.39 Å². The molecule has 0 radical (unpaired) electrons. The van der Waals surface area contributed by atoms with Crippen molar-refractivity contribution in [3.8, 4) is 11.5 Å². The maximum Gasteiger partial charge on any atom is 0.165 e. The minimum atomic E-state index is -0.361. The zero-order chi connectivity index (χ0) is 15.2. The minimum Gasteiger partial charge on any atom is -0.497 e. The number of hydrogen-bond donors (Lipinski definition) is 1. The predicted octanol–water partition coefficient (Wildman–Crippen LogP) is 4.41. The first-order chi connectivity index (χ1) is 10.2. The summed E-state index contributed by atoms with van der Waals surface area (Å²) in [6.45, 7) is 2.10. The number of nitrogens with one attached hydrogen (secondary N) is 1. The second-order valence-electron chi connectivity index (χ2n) is 4.73. The molecule has 0 aliphatic rings. The molecule has 1 N–H and O–H groups in total. The highest BCUT2D eigenvalue weighted by atomic mass is 19.1. The summed E-state index contributed by atoms with van der Waals surface area (Å²) >= 11 is 0. The molecule has 0 aliphatic carbocycles. The first-order valence-electron chi connectivity index (χ1n) is 6.92. The first kappa shape index (κ1) is 15.2. The van der Waals surface area contributed by atoms with E-state index in [4.69, 9.17) is 9.47 Å². The van der Waals surface area contributed by atoms with E-state index >= 15 is 0 Å². The Bertz CT molecular complexity index is 584. The fourth-order valence-electron chi connectivity index (χ4n) is 2.21. The Balaban J connectivity index is 2.18. The van der Waals surface area contributed by atoms with E-state index in [1.54, 1.807) is 19.2 Å². The molecule has 0 fully saturated rings. The largest absolute Gasteiger partial charge is 0.497 e. The fourth-order valence-corrected chi connectivity index (χ4v) is 2.21. The summed E-state index contributed by atoms with van der Waals surface area (Å²) in [5.41, 5.74) is 1.98. The molecule has 1 unspecified atom stereocenters. The van der Waals surface area contributed by atoms with Gasteiger partial charge in [-0.1, -0.05) is 19.1 Å². The molecule has 2 aromatic carbocycles. The van der Waals surface area contributed by atoms with Crippen molar-refractivity contribution in [3.63, 3.8) is 0 Å². The average Bonchev–Trinajstić information content (AvgIpc) is 2.54. The van der Waals surface area contributed by atoms with Gasteiger partial charge in [0.1, 0.15) is 5.75 Å². The SMILES string of the molecule is CCC(Nc1ccc(F)c(OC)c1)c1ccc(OC)cc1. The average molecular weight is 289 g/mol. The Kier molecular flexibility index (Phi) is 5.04. The standard InChI is InChI=1S/C17H20FNO2/c1-4-16(12-5-8-14(20-2)9-6-12)19-13-7-10-15(18)17(11-13)21-3/h5-11,16,19H,4H2,1-3H3. The highest BCUT2D eigenvalue weighted by Gasteiger charge is 2.11. The van der Waals surface area contributed by atoms with Crippen LogP contribution in [0.1, 0.15) is 24.9 Å². The van der Waals surface area contributed by atoms with Crippen molar-refractivity contribution in [1.29, 1.82) is 0 Å². The van der Waals surface area contributed by atoms with E-state index in [1.165, 1.54) is 13.2 Å². The number of methoxy groups -OCH3 is 2. The molecule has 4 heteroatoms. The number of hydrogen-bond acceptors (Lipinski definition) is 3. The third-order valence-corrected chi connectivity index (χ3v) is 3.42. The summed E-state index contributed by atoms with van der Waals surface area (Å²) < 4.78 is 23.6. The lowest BCUT2D eigenvalue weighted by molar-refractivity contribution is 0.386. The van der Waals surface area contributed by atoms with E-state index in [0.29, 0.717) is 0 Å². The lowest BCUT2D eigenvalue weighted by Crippen LogP contribution is -2.09. The molecular weight excluding hydrogens is 269 g/mol. The lowest BCUT2D eigenvalue weighted by atomic mass is 10.0. The van der Waals surface area contributed by atoms with Gasteiger partial charge in [0, 0.05) is 11.8 Å². The Morgan fingerprint density at radius 3 is 2.33 bits per heavy atom. The van der Waals surface area contributed by atoms with Gasteiger partial charge in [-0.2, -0.15) is 0 Å². The van der Waals surface area contributed by atoms with Crippen LogP contribution in [0.4, 0.5) is 10.1 Å². The van der Waals surface area contributed by atoms with Crippen LogP contribution in [0.5, 0.6) is 11.5 Å². The van der Waals surface area contributed by atoms with Crippen LogP contribution in [-0.2, 0) is 0 Å². The Morgan fingerprint density at radius 1 is 1.05 bits per heavy atom. The number of anilines is 1. The minimum absolute atomic E-state index is 0.145. The molecule has 21 heavy (non-hydrogen) atoms. The van der Waals surface area contributed by atoms with Gasteiger partial charge in [-0.25, -0.2) is 4.39 Å². The quantitative estimate of drug-likeness (QED) is 0.854. The van der Waals surface area contributed by atoms with Gasteiger partial charge in [-0.3, -0.25) is 0 Å². The predicted molar refractivity (Wildman–Crippen MR) is 82.6 cm³/mol. The van der Waals surface area contributed by atoms with Crippen molar-refractivity contribution in [2.75, 3.05) is 19.5 Å². The van der Waals surface area contributed by atoms with Crippen LogP contribution < -0.4 is 14.8 Å². The molecule has 2 aromatic rings. The molecule has 112 valence electrons. The molecule has 0 aliphatic heterocycles. The van der Waals surface area contributed by atoms with Crippen molar-refractivity contribution in [2.24, 2.45) is 0 Å². The summed E-state index contributed by atoms with van der Waals surface area (Å²) in [4.78, 5) is 0. The Hall–Kier alpha value is -2.23. The molecule has 0 saturated carbocycles. The lowest BCUT2D eigenvalue weighted by Gasteiger charge is -2.19. The molecule has 1 atom stereocenters. The second kappa shape index (κ2) is 6.97. The van der Waals surface area contributed by atoms with Gasteiger partial charge in [-0.05, 0) is 36.2 Å². The topological polar surface area (TPSA) is 30.5 Å². The third-order valence-electron chi connectivity index (χ3n) is 3.42. The maximum atomic E-state index is 13.4. The molecular formula is C17H20FNO2. The third kappa shape index (κ3) is 3.66. The smallest absolute Gasteiger partial charge is 0.165 e. The van der Waals surface area contributed by atoms with Gasteiger partial charge >= 0.3 is 0 Å². The second-order valence-corrected chi connectivity index (χ2v) is 4.73. The molecule has 0 amide bonds. The number of rotatable bonds is 6. The van der Waals surface area contributed by atoms with Crippen LogP contribution in [0, 0.1) is 5.82 Å². The van der Waals surface area contributed by atoms with Crippen molar-refractivity contribution >= 4 is 5.69 Å². The maximum absolute atomic E-state index is 13.4. The van der Waals surface area contributed by atoms with Gasteiger partial charge in [0.05, 0.1) is 20.3 Å². The van der Waals surface area contributed by atoms with Gasteiger partial charge in [-0.15, -0.1) is 0 Å². The van der Waals surface area contributed by atoms with E-state index in [1.807, 2.05) is 24.3 Å². The summed E-state index contributed by atoms with van der Waals surface area (Å²) in [7, 11) is 3.11. The van der Waals surface area contributed by atoms with Gasteiger partial charge < -0.3 is 14.8 Å². The Morgan fingerprint density at radius 2 is 1.76 bits per heavy atom. The zero-order valence-electron chi connectivity index (χ0n) is 12.5. The fraction of sp³-hybridized carbons (Fsp3) is 0.294. The highest BCUT2D eigenvalue weighted by Crippen LogP contribution is 2.27. The van der Waals surface area contributed by atoms with Crippen molar-refractivity contribution in [2.45, 2.75) is 19.4 Å². The highest BCUT2D eigenvalue weighted by molar-refractivity contribution is 5.50. The normalized spacial score (nSPS) is 11.8. The zero-order valence-corrected chi connectivity index (χ0v) is 12.5. The van der Waals surface area contributed by atoms with Crippen LogP contribution in [-0.4, -0.2) is 14.2 Å². The van der Waals surface area contributed by atoms with E-state index in [0.717, 1.165) is 23.4 Å². The van der Waals surface area contributed by atoms with Gasteiger partial charge in [0.25, 0.3) is 0 Å². The molecule has 0 bridgehead atoms. The summed E-state index contributed by atoms with van der Waals surface area (Å²) in [6.07, 6.45) is 0.909. The number of ether oxygens (including phenoxy) is 2. The van der Waals surface area contributed by atoms with Crippen LogP contribution in [0.25, 0.3) is 0 Å². The van der Waals surface area contributed by atoms with Crippen molar-refractivity contribution in [3.05, 3.63) is 53.8 Å². The molecule has 0 spiro atoms.